The summed E-state index contributed by atoms with van der Waals surface area (Å²) in [4.78, 5) is 27.7. The lowest BCUT2D eigenvalue weighted by Gasteiger charge is -2.18. The minimum atomic E-state index is -0.233. The van der Waals surface area contributed by atoms with Crippen LogP contribution in [-0.2, 0) is 4.79 Å². The van der Waals surface area contributed by atoms with Crippen molar-refractivity contribution in [2.75, 3.05) is 45.2 Å². The van der Waals surface area contributed by atoms with Gasteiger partial charge in [-0.1, -0.05) is 0 Å². The Kier molecular flexibility index (Phi) is 6.43. The second-order valence-electron chi connectivity index (χ2n) is 6.04. The molecular weight excluding hydrogens is 308 g/mol. The molecular formula is C17H26N4O3. The molecule has 132 valence electrons. The number of carbonyl (C=O) groups is 2. The summed E-state index contributed by atoms with van der Waals surface area (Å²) in [6, 6.07) is 7.01. The van der Waals surface area contributed by atoms with E-state index < -0.39 is 0 Å². The van der Waals surface area contributed by atoms with Gasteiger partial charge >= 0.3 is 6.03 Å². The normalized spacial score (nSPS) is 17.2. The number of amides is 3. The molecule has 1 atom stereocenters. The minimum absolute atomic E-state index is 0.0118. The van der Waals surface area contributed by atoms with Gasteiger partial charge in [-0.2, -0.15) is 0 Å². The lowest BCUT2D eigenvalue weighted by atomic mass is 10.2. The summed E-state index contributed by atoms with van der Waals surface area (Å²) >= 11 is 0. The quantitative estimate of drug-likeness (QED) is 0.782. The number of likely N-dealkylation sites (N-methyl/N-ethyl adjacent to an activating group) is 1. The van der Waals surface area contributed by atoms with Gasteiger partial charge in [0.05, 0.1) is 12.6 Å². The Balaban J connectivity index is 1.85. The van der Waals surface area contributed by atoms with E-state index in [1.54, 1.807) is 4.90 Å². The fraction of sp³-hybridized carbons (Fsp3) is 0.529. The van der Waals surface area contributed by atoms with E-state index in [1.807, 2.05) is 50.2 Å². The van der Waals surface area contributed by atoms with Gasteiger partial charge in [0.25, 0.3) is 0 Å². The second kappa shape index (κ2) is 8.54. The molecule has 0 saturated carbocycles. The Morgan fingerprint density at radius 2 is 2.04 bits per heavy atom. The predicted octanol–water partition coefficient (Wildman–Crippen LogP) is 1.05. The van der Waals surface area contributed by atoms with Gasteiger partial charge in [-0.05, 0) is 45.3 Å². The molecule has 0 unspecified atom stereocenters. The molecule has 24 heavy (non-hydrogen) atoms. The molecule has 1 fully saturated rings. The molecule has 1 aliphatic rings. The molecule has 0 aromatic heterocycles. The Morgan fingerprint density at radius 1 is 1.33 bits per heavy atom. The summed E-state index contributed by atoms with van der Waals surface area (Å²) in [5, 5.41) is 5.65. The predicted molar refractivity (Wildman–Crippen MR) is 93.5 cm³/mol. The van der Waals surface area contributed by atoms with Crippen LogP contribution in [-0.4, -0.2) is 63.2 Å². The van der Waals surface area contributed by atoms with E-state index in [9.17, 15) is 9.59 Å². The van der Waals surface area contributed by atoms with Crippen LogP contribution in [0.3, 0.4) is 0 Å². The third kappa shape index (κ3) is 5.13. The maximum absolute atomic E-state index is 12.2. The van der Waals surface area contributed by atoms with Crippen molar-refractivity contribution in [1.82, 2.24) is 15.5 Å². The molecule has 1 saturated heterocycles. The van der Waals surface area contributed by atoms with Gasteiger partial charge in [-0.3, -0.25) is 4.79 Å². The van der Waals surface area contributed by atoms with Gasteiger partial charge in [-0.15, -0.1) is 0 Å². The van der Waals surface area contributed by atoms with Crippen molar-refractivity contribution in [2.24, 2.45) is 0 Å². The Bertz CT molecular complexity index is 559. The molecule has 3 amide bonds. The molecule has 1 heterocycles. The number of hydrogen-bond acceptors (Lipinski definition) is 4. The minimum Gasteiger partial charge on any atom is -0.494 e. The van der Waals surface area contributed by atoms with Crippen LogP contribution in [0.25, 0.3) is 0 Å². The Morgan fingerprint density at radius 3 is 2.67 bits per heavy atom. The van der Waals surface area contributed by atoms with Crippen LogP contribution in [0.5, 0.6) is 5.75 Å². The van der Waals surface area contributed by atoms with Crippen molar-refractivity contribution in [3.8, 4) is 5.75 Å². The molecule has 7 nitrogen and oxygen atoms in total. The first kappa shape index (κ1) is 18.1. The van der Waals surface area contributed by atoms with Crippen molar-refractivity contribution in [3.05, 3.63) is 24.3 Å². The highest BCUT2D eigenvalue weighted by Crippen LogP contribution is 2.24. The number of benzene rings is 1. The molecule has 2 rings (SSSR count). The largest absolute Gasteiger partial charge is 0.494 e. The van der Waals surface area contributed by atoms with E-state index in [0.29, 0.717) is 26.1 Å². The second-order valence-corrected chi connectivity index (χ2v) is 6.04. The van der Waals surface area contributed by atoms with Crippen LogP contribution in [0.4, 0.5) is 10.5 Å². The smallest absolute Gasteiger partial charge is 0.315 e. The zero-order chi connectivity index (χ0) is 17.5. The summed E-state index contributed by atoms with van der Waals surface area (Å²) in [6.45, 7) is 4.36. The third-order valence-electron chi connectivity index (χ3n) is 3.76. The number of rotatable bonds is 7. The van der Waals surface area contributed by atoms with Crippen LogP contribution in [0.15, 0.2) is 24.3 Å². The molecule has 0 spiro atoms. The van der Waals surface area contributed by atoms with Crippen LogP contribution in [0.2, 0.25) is 0 Å². The number of nitrogens with one attached hydrogen (secondary N) is 2. The maximum atomic E-state index is 12.2. The zero-order valence-corrected chi connectivity index (χ0v) is 14.5. The first-order valence-electron chi connectivity index (χ1n) is 8.22. The molecule has 0 aliphatic carbocycles. The summed E-state index contributed by atoms with van der Waals surface area (Å²) in [5.41, 5.74) is 0.820. The van der Waals surface area contributed by atoms with Gasteiger partial charge in [0, 0.05) is 31.7 Å². The van der Waals surface area contributed by atoms with E-state index in [2.05, 4.69) is 10.6 Å². The van der Waals surface area contributed by atoms with Gasteiger partial charge in [0.1, 0.15) is 5.75 Å². The molecule has 1 aromatic rings. The van der Waals surface area contributed by atoms with Crippen molar-refractivity contribution >= 4 is 17.6 Å². The third-order valence-corrected chi connectivity index (χ3v) is 3.76. The van der Waals surface area contributed by atoms with Crippen LogP contribution in [0.1, 0.15) is 13.3 Å². The summed E-state index contributed by atoms with van der Waals surface area (Å²) < 4.78 is 5.41. The molecule has 7 heteroatoms. The first-order chi connectivity index (χ1) is 11.5. The van der Waals surface area contributed by atoms with Crippen molar-refractivity contribution in [1.29, 1.82) is 0 Å². The van der Waals surface area contributed by atoms with E-state index in [0.717, 1.165) is 18.0 Å². The van der Waals surface area contributed by atoms with E-state index >= 15 is 0 Å². The van der Waals surface area contributed by atoms with Gasteiger partial charge in [0.15, 0.2) is 0 Å². The standard InChI is InChI=1S/C17H26N4O3/c1-4-24-15-7-5-14(6-8-15)21-12-13(11-16(21)22)19-17(23)18-9-10-20(2)3/h5-8,13H,4,9-12H2,1-3H3,(H2,18,19,23)/t13-/m1/s1. The number of carbonyl (C=O) groups excluding carboxylic acids is 2. The average Bonchev–Trinajstić information content (AvgIpc) is 2.88. The first-order valence-corrected chi connectivity index (χ1v) is 8.22. The highest BCUT2D eigenvalue weighted by atomic mass is 16.5. The Hall–Kier alpha value is -2.28. The highest BCUT2D eigenvalue weighted by molar-refractivity contribution is 5.96. The van der Waals surface area contributed by atoms with Crippen LogP contribution >= 0.6 is 0 Å². The van der Waals surface area contributed by atoms with Crippen LogP contribution in [0, 0.1) is 0 Å². The molecule has 2 N–H and O–H groups in total. The molecule has 1 aliphatic heterocycles. The van der Waals surface area contributed by atoms with Crippen molar-refractivity contribution < 1.29 is 14.3 Å². The topological polar surface area (TPSA) is 73.9 Å². The van der Waals surface area contributed by atoms with E-state index in [-0.39, 0.29) is 18.0 Å². The van der Waals surface area contributed by atoms with Crippen molar-refractivity contribution in [3.63, 3.8) is 0 Å². The number of hydrogen-bond donors (Lipinski definition) is 2. The summed E-state index contributed by atoms with van der Waals surface area (Å²) in [6.07, 6.45) is 0.314. The van der Waals surface area contributed by atoms with Gasteiger partial charge in [-0.25, -0.2) is 4.79 Å². The summed E-state index contributed by atoms with van der Waals surface area (Å²) in [5.74, 6) is 0.792. The fourth-order valence-electron chi connectivity index (χ4n) is 2.57. The number of ether oxygens (including phenoxy) is 1. The molecule has 1 aromatic carbocycles. The van der Waals surface area contributed by atoms with Gasteiger partial charge in [0.2, 0.25) is 5.91 Å². The number of nitrogens with zero attached hydrogens (tertiary/aromatic N) is 2. The summed E-state index contributed by atoms with van der Waals surface area (Å²) in [7, 11) is 3.90. The van der Waals surface area contributed by atoms with Gasteiger partial charge < -0.3 is 25.2 Å². The lowest BCUT2D eigenvalue weighted by molar-refractivity contribution is -0.117. The van der Waals surface area contributed by atoms with E-state index in [1.165, 1.54) is 0 Å². The molecule has 0 radical (unpaired) electrons. The monoisotopic (exact) mass is 334 g/mol. The van der Waals surface area contributed by atoms with Crippen LogP contribution < -0.4 is 20.3 Å². The average molecular weight is 334 g/mol. The van der Waals surface area contributed by atoms with E-state index in [4.69, 9.17) is 4.74 Å². The lowest BCUT2D eigenvalue weighted by Crippen LogP contribution is -2.45. The maximum Gasteiger partial charge on any atom is 0.315 e. The number of urea groups is 1. The Labute approximate surface area is 142 Å². The van der Waals surface area contributed by atoms with Crippen molar-refractivity contribution in [2.45, 2.75) is 19.4 Å². The SMILES string of the molecule is CCOc1ccc(N2C[C@H](NC(=O)NCCN(C)C)CC2=O)cc1. The number of anilines is 1. The highest BCUT2D eigenvalue weighted by Gasteiger charge is 2.31. The molecule has 0 bridgehead atoms. The zero-order valence-electron chi connectivity index (χ0n) is 14.5. The fourth-order valence-corrected chi connectivity index (χ4v) is 2.57.